The van der Waals surface area contributed by atoms with E-state index in [1.807, 2.05) is 41.5 Å². The fraction of sp³-hybridized carbons (Fsp3) is 0.875. The lowest BCUT2D eigenvalue weighted by molar-refractivity contribution is -0.130. The number of nitrogens with one attached hydrogen (secondary N) is 2. The van der Waals surface area contributed by atoms with Crippen molar-refractivity contribution in [2.24, 2.45) is 17.6 Å². The van der Waals surface area contributed by atoms with Gasteiger partial charge in [-0.2, -0.15) is 0 Å². The zero-order valence-electron chi connectivity index (χ0n) is 14.9. The Balaban J connectivity index is 0. The zero-order chi connectivity index (χ0) is 16.6. The number of carbonyl (C=O) groups is 2. The Hall–Kier alpha value is -0.810. The molecule has 1 atom stereocenters. The molecule has 22 heavy (non-hydrogen) atoms. The van der Waals surface area contributed by atoms with Crippen LogP contribution in [0, 0.1) is 11.8 Å². The van der Waals surface area contributed by atoms with Gasteiger partial charge >= 0.3 is 0 Å². The first-order valence-electron chi connectivity index (χ1n) is 8.01. The largest absolute Gasteiger partial charge is 0.352 e. The lowest BCUT2D eigenvalue weighted by atomic mass is 9.94. The van der Waals surface area contributed by atoms with Crippen LogP contribution in [0.2, 0.25) is 0 Å². The average molecular weight is 336 g/mol. The second-order valence-corrected chi connectivity index (χ2v) is 6.67. The van der Waals surface area contributed by atoms with Crippen LogP contribution >= 0.6 is 12.4 Å². The molecule has 0 heterocycles. The number of hydrogen-bond donors (Lipinski definition) is 3. The summed E-state index contributed by atoms with van der Waals surface area (Å²) >= 11 is 0. The van der Waals surface area contributed by atoms with Crippen molar-refractivity contribution in [2.45, 2.75) is 72.4 Å². The summed E-state index contributed by atoms with van der Waals surface area (Å²) in [5, 5.41) is 5.71. The summed E-state index contributed by atoms with van der Waals surface area (Å²) in [4.78, 5) is 24.2. The number of carbonyl (C=O) groups excluding carboxylic acids is 2. The van der Waals surface area contributed by atoms with Gasteiger partial charge < -0.3 is 16.4 Å². The molecule has 0 spiro atoms. The molecule has 132 valence electrons. The first-order chi connectivity index (χ1) is 9.65. The van der Waals surface area contributed by atoms with Crippen molar-refractivity contribution in [3.8, 4) is 0 Å². The van der Waals surface area contributed by atoms with E-state index in [-0.39, 0.29) is 41.6 Å². The van der Waals surface area contributed by atoms with Crippen molar-refractivity contribution >= 4 is 24.2 Å². The molecule has 0 aromatic rings. The number of nitrogens with two attached hydrogens (primary N) is 1. The van der Waals surface area contributed by atoms with E-state index in [4.69, 9.17) is 5.73 Å². The normalized spacial score (nSPS) is 12.8. The Morgan fingerprint density at radius 1 is 1.09 bits per heavy atom. The third-order valence-electron chi connectivity index (χ3n) is 3.88. The van der Waals surface area contributed by atoms with Gasteiger partial charge in [0.2, 0.25) is 11.8 Å². The van der Waals surface area contributed by atoms with E-state index in [9.17, 15) is 9.59 Å². The maximum atomic E-state index is 12.3. The first kappa shape index (κ1) is 23.5. The molecule has 0 aliphatic rings. The Bertz CT molecular complexity index is 342. The minimum absolute atomic E-state index is 0. The van der Waals surface area contributed by atoms with E-state index >= 15 is 0 Å². The van der Waals surface area contributed by atoms with E-state index in [1.54, 1.807) is 0 Å². The molecule has 2 amide bonds. The lowest BCUT2D eigenvalue weighted by Gasteiger charge is -2.29. The van der Waals surface area contributed by atoms with Crippen LogP contribution in [0.15, 0.2) is 0 Å². The van der Waals surface area contributed by atoms with Gasteiger partial charge in [0.05, 0.1) is 0 Å². The summed E-state index contributed by atoms with van der Waals surface area (Å²) in [5.41, 5.74) is 5.81. The molecule has 0 aromatic carbocycles. The van der Waals surface area contributed by atoms with Crippen LogP contribution in [-0.4, -0.2) is 29.9 Å². The van der Waals surface area contributed by atoms with Crippen LogP contribution in [-0.2, 0) is 9.59 Å². The molecule has 0 aliphatic carbocycles. The molecule has 0 aliphatic heterocycles. The molecule has 0 rings (SSSR count). The van der Waals surface area contributed by atoms with Gasteiger partial charge in [0.25, 0.3) is 0 Å². The maximum absolute atomic E-state index is 12.3. The van der Waals surface area contributed by atoms with Crippen molar-refractivity contribution in [3.63, 3.8) is 0 Å². The molecule has 6 heteroatoms. The molecular formula is C16H34ClN3O2. The van der Waals surface area contributed by atoms with Gasteiger partial charge in [0.15, 0.2) is 0 Å². The van der Waals surface area contributed by atoms with Crippen LogP contribution in [0.4, 0.5) is 0 Å². The fourth-order valence-electron chi connectivity index (χ4n) is 2.01. The summed E-state index contributed by atoms with van der Waals surface area (Å²) in [7, 11) is 0. The van der Waals surface area contributed by atoms with Gasteiger partial charge in [0.1, 0.15) is 6.04 Å². The SMILES string of the molecule is CCC(N)(CC)CNC(=O)C(NC(=O)CC(C)C)C(C)C.Cl. The summed E-state index contributed by atoms with van der Waals surface area (Å²) in [5.74, 6) is 0.0805. The van der Waals surface area contributed by atoms with E-state index in [1.165, 1.54) is 0 Å². The summed E-state index contributed by atoms with van der Waals surface area (Å²) < 4.78 is 0. The Morgan fingerprint density at radius 2 is 1.59 bits per heavy atom. The van der Waals surface area contributed by atoms with Crippen molar-refractivity contribution < 1.29 is 9.59 Å². The molecular weight excluding hydrogens is 302 g/mol. The fourth-order valence-corrected chi connectivity index (χ4v) is 2.01. The molecule has 0 radical (unpaired) electrons. The van der Waals surface area contributed by atoms with Crippen LogP contribution in [0.1, 0.15) is 60.8 Å². The average Bonchev–Trinajstić information content (AvgIpc) is 2.40. The number of hydrogen-bond acceptors (Lipinski definition) is 3. The van der Waals surface area contributed by atoms with Gasteiger partial charge in [0, 0.05) is 18.5 Å². The third kappa shape index (κ3) is 8.59. The predicted octanol–water partition coefficient (Wildman–Crippen LogP) is 2.23. The molecule has 0 aromatic heterocycles. The smallest absolute Gasteiger partial charge is 0.242 e. The van der Waals surface area contributed by atoms with E-state index in [0.717, 1.165) is 12.8 Å². The number of rotatable bonds is 9. The summed E-state index contributed by atoms with van der Waals surface area (Å²) in [6.45, 7) is 12.3. The first-order valence-corrected chi connectivity index (χ1v) is 8.01. The van der Waals surface area contributed by atoms with Gasteiger partial charge in [-0.05, 0) is 24.7 Å². The van der Waals surface area contributed by atoms with E-state index < -0.39 is 6.04 Å². The van der Waals surface area contributed by atoms with E-state index in [0.29, 0.717) is 13.0 Å². The minimum atomic E-state index is -0.505. The lowest BCUT2D eigenvalue weighted by Crippen LogP contribution is -2.55. The third-order valence-corrected chi connectivity index (χ3v) is 3.88. The van der Waals surface area contributed by atoms with Gasteiger partial charge in [-0.25, -0.2) is 0 Å². The number of halogens is 1. The zero-order valence-corrected chi connectivity index (χ0v) is 15.7. The van der Waals surface area contributed by atoms with Crippen molar-refractivity contribution in [1.29, 1.82) is 0 Å². The van der Waals surface area contributed by atoms with Crippen molar-refractivity contribution in [3.05, 3.63) is 0 Å². The molecule has 0 saturated heterocycles. The van der Waals surface area contributed by atoms with Crippen molar-refractivity contribution in [2.75, 3.05) is 6.54 Å². The molecule has 4 N–H and O–H groups in total. The van der Waals surface area contributed by atoms with Crippen LogP contribution < -0.4 is 16.4 Å². The number of amides is 2. The Morgan fingerprint density at radius 3 is 1.95 bits per heavy atom. The molecule has 0 bridgehead atoms. The summed E-state index contributed by atoms with van der Waals surface area (Å²) in [6, 6.07) is -0.505. The Labute approximate surface area is 141 Å². The van der Waals surface area contributed by atoms with Gasteiger partial charge in [-0.15, -0.1) is 12.4 Å². The highest BCUT2D eigenvalue weighted by molar-refractivity contribution is 5.87. The highest BCUT2D eigenvalue weighted by Crippen LogP contribution is 2.10. The maximum Gasteiger partial charge on any atom is 0.242 e. The quantitative estimate of drug-likeness (QED) is 0.604. The monoisotopic (exact) mass is 335 g/mol. The second-order valence-electron chi connectivity index (χ2n) is 6.67. The van der Waals surface area contributed by atoms with Crippen LogP contribution in [0.3, 0.4) is 0 Å². The van der Waals surface area contributed by atoms with Crippen LogP contribution in [0.25, 0.3) is 0 Å². The topological polar surface area (TPSA) is 84.2 Å². The standard InChI is InChI=1S/C16H33N3O2.ClH/c1-7-16(17,8-2)10-18-15(21)14(12(5)6)19-13(20)9-11(3)4;/h11-12,14H,7-10,17H2,1-6H3,(H,18,21)(H,19,20);1H. The molecule has 5 nitrogen and oxygen atoms in total. The van der Waals surface area contributed by atoms with Crippen LogP contribution in [0.5, 0.6) is 0 Å². The van der Waals surface area contributed by atoms with Gasteiger partial charge in [-0.3, -0.25) is 9.59 Å². The second kappa shape index (κ2) is 10.8. The van der Waals surface area contributed by atoms with E-state index in [2.05, 4.69) is 10.6 Å². The van der Waals surface area contributed by atoms with Crippen molar-refractivity contribution in [1.82, 2.24) is 10.6 Å². The highest BCUT2D eigenvalue weighted by Gasteiger charge is 2.27. The van der Waals surface area contributed by atoms with Gasteiger partial charge in [-0.1, -0.05) is 41.5 Å². The summed E-state index contributed by atoms with van der Waals surface area (Å²) in [6.07, 6.45) is 2.03. The Kier molecular flexibility index (Phi) is 11.6. The molecule has 0 saturated carbocycles. The minimum Gasteiger partial charge on any atom is -0.352 e. The predicted molar refractivity (Wildman–Crippen MR) is 94.0 cm³/mol. The molecule has 1 unspecified atom stereocenters. The highest BCUT2D eigenvalue weighted by atomic mass is 35.5. The molecule has 0 fully saturated rings.